The molecule has 0 amide bonds. The van der Waals surface area contributed by atoms with E-state index in [0.29, 0.717) is 11.5 Å². The Balaban J connectivity index is 2.66. The minimum Gasteiger partial charge on any atom is -0.477 e. The van der Waals surface area contributed by atoms with Gasteiger partial charge < -0.3 is 10.1 Å². The largest absolute Gasteiger partial charge is 0.477 e. The van der Waals surface area contributed by atoms with Gasteiger partial charge in [-0.1, -0.05) is 20.8 Å². The molecule has 0 radical (unpaired) electrons. The zero-order valence-corrected chi connectivity index (χ0v) is 12.4. The molecule has 0 aromatic carbocycles. The predicted molar refractivity (Wildman–Crippen MR) is 77.0 cm³/mol. The minimum absolute atomic E-state index is 0.125. The van der Waals surface area contributed by atoms with Gasteiger partial charge in [-0.3, -0.25) is 4.98 Å². The zero-order valence-electron chi connectivity index (χ0n) is 12.4. The summed E-state index contributed by atoms with van der Waals surface area (Å²) < 4.78 is 0. The molecule has 2 rings (SSSR count). The molecular formula is C15H19N3O2. The highest BCUT2D eigenvalue weighted by molar-refractivity contribution is 5.93. The zero-order chi connectivity index (χ0) is 15.1. The molecule has 0 fully saturated rings. The number of H-pyrrole nitrogens is 1. The Bertz CT molecular complexity index is 646. The molecule has 0 aliphatic carbocycles. The molecule has 0 spiro atoms. The van der Waals surface area contributed by atoms with E-state index in [1.54, 1.807) is 0 Å². The maximum atomic E-state index is 11.4. The van der Waals surface area contributed by atoms with Crippen LogP contribution in [-0.4, -0.2) is 26.0 Å². The summed E-state index contributed by atoms with van der Waals surface area (Å²) in [5.41, 5.74) is 2.82. The number of aryl methyl sites for hydroxylation is 2. The van der Waals surface area contributed by atoms with E-state index in [4.69, 9.17) is 0 Å². The first-order valence-electron chi connectivity index (χ1n) is 6.48. The van der Waals surface area contributed by atoms with Crippen LogP contribution < -0.4 is 0 Å². The molecule has 0 aliphatic heterocycles. The van der Waals surface area contributed by atoms with Crippen LogP contribution in [0, 0.1) is 13.8 Å². The van der Waals surface area contributed by atoms with Crippen LogP contribution >= 0.6 is 0 Å². The number of aromatic carboxylic acids is 1. The lowest BCUT2D eigenvalue weighted by Crippen LogP contribution is -2.13. The lowest BCUT2D eigenvalue weighted by atomic mass is 9.96. The lowest BCUT2D eigenvalue weighted by molar-refractivity contribution is 0.0691. The lowest BCUT2D eigenvalue weighted by Gasteiger charge is -2.13. The molecule has 0 saturated carbocycles. The van der Waals surface area contributed by atoms with E-state index in [2.05, 4.69) is 15.0 Å². The summed E-state index contributed by atoms with van der Waals surface area (Å²) in [4.78, 5) is 23.1. The van der Waals surface area contributed by atoms with Crippen LogP contribution in [0.2, 0.25) is 0 Å². The highest BCUT2D eigenvalue weighted by Crippen LogP contribution is 2.27. The second-order valence-corrected chi connectivity index (χ2v) is 6.00. The van der Waals surface area contributed by atoms with Crippen molar-refractivity contribution in [3.05, 3.63) is 35.0 Å². The minimum atomic E-state index is -1.00. The van der Waals surface area contributed by atoms with Gasteiger partial charge in [0, 0.05) is 22.4 Å². The number of carbonyl (C=O) groups is 1. The number of hydrogen-bond donors (Lipinski definition) is 2. The Morgan fingerprint density at radius 2 is 1.70 bits per heavy atom. The number of imidazole rings is 1. The summed E-state index contributed by atoms with van der Waals surface area (Å²) >= 11 is 0. The molecule has 5 nitrogen and oxygen atoms in total. The average Bonchev–Trinajstić information content (AvgIpc) is 2.71. The number of pyridine rings is 1. The second-order valence-electron chi connectivity index (χ2n) is 6.00. The monoisotopic (exact) mass is 273 g/mol. The molecule has 20 heavy (non-hydrogen) atoms. The van der Waals surface area contributed by atoms with Crippen molar-refractivity contribution in [1.29, 1.82) is 0 Å². The fraction of sp³-hybridized carbons (Fsp3) is 0.400. The third-order valence-electron chi connectivity index (χ3n) is 2.98. The Labute approximate surface area is 118 Å². The van der Waals surface area contributed by atoms with Gasteiger partial charge in [0.15, 0.2) is 5.69 Å². The number of carboxylic acid groups (broad SMARTS) is 1. The third-order valence-corrected chi connectivity index (χ3v) is 2.98. The van der Waals surface area contributed by atoms with Crippen molar-refractivity contribution >= 4 is 5.97 Å². The third kappa shape index (κ3) is 2.71. The van der Waals surface area contributed by atoms with E-state index in [-0.39, 0.29) is 11.1 Å². The van der Waals surface area contributed by atoms with Crippen molar-refractivity contribution in [2.24, 2.45) is 0 Å². The molecule has 2 aromatic rings. The molecule has 2 aromatic heterocycles. The summed E-state index contributed by atoms with van der Waals surface area (Å²) in [6, 6.07) is 3.70. The van der Waals surface area contributed by atoms with Gasteiger partial charge in [-0.05, 0) is 26.0 Å². The van der Waals surface area contributed by atoms with E-state index in [0.717, 1.165) is 17.0 Å². The van der Waals surface area contributed by atoms with Crippen LogP contribution in [0.5, 0.6) is 0 Å². The topological polar surface area (TPSA) is 78.9 Å². The maximum Gasteiger partial charge on any atom is 0.354 e. The van der Waals surface area contributed by atoms with Gasteiger partial charge in [0.25, 0.3) is 0 Å². The molecule has 0 saturated heterocycles. The van der Waals surface area contributed by atoms with E-state index >= 15 is 0 Å². The first-order valence-corrected chi connectivity index (χ1v) is 6.48. The maximum absolute atomic E-state index is 11.4. The van der Waals surface area contributed by atoms with Crippen molar-refractivity contribution in [2.75, 3.05) is 0 Å². The molecule has 5 heteroatoms. The molecular weight excluding hydrogens is 254 g/mol. The summed E-state index contributed by atoms with van der Waals surface area (Å²) in [6.07, 6.45) is 0. The number of carboxylic acids is 1. The number of nitrogens with zero attached hydrogens (tertiary/aromatic N) is 2. The van der Waals surface area contributed by atoms with Gasteiger partial charge in [-0.25, -0.2) is 9.78 Å². The summed E-state index contributed by atoms with van der Waals surface area (Å²) in [5.74, 6) is -0.341. The van der Waals surface area contributed by atoms with Crippen LogP contribution in [0.15, 0.2) is 12.1 Å². The van der Waals surface area contributed by atoms with Crippen molar-refractivity contribution < 1.29 is 9.90 Å². The molecule has 0 atom stereocenters. The normalized spacial score (nSPS) is 11.7. The number of aromatic nitrogens is 3. The van der Waals surface area contributed by atoms with Crippen molar-refractivity contribution in [1.82, 2.24) is 15.0 Å². The number of aromatic amines is 1. The highest BCUT2D eigenvalue weighted by Gasteiger charge is 2.24. The molecule has 2 heterocycles. The van der Waals surface area contributed by atoms with Gasteiger partial charge in [0.2, 0.25) is 0 Å². The van der Waals surface area contributed by atoms with Gasteiger partial charge in [-0.15, -0.1) is 0 Å². The summed E-state index contributed by atoms with van der Waals surface area (Å²) in [5, 5.41) is 9.36. The first-order chi connectivity index (χ1) is 9.18. The van der Waals surface area contributed by atoms with Crippen LogP contribution in [0.25, 0.3) is 11.3 Å². The molecule has 106 valence electrons. The van der Waals surface area contributed by atoms with Crippen LogP contribution in [0.1, 0.15) is 48.5 Å². The van der Waals surface area contributed by atoms with Crippen LogP contribution in [0.4, 0.5) is 0 Å². The van der Waals surface area contributed by atoms with Crippen LogP contribution in [-0.2, 0) is 5.41 Å². The average molecular weight is 273 g/mol. The van der Waals surface area contributed by atoms with Crippen molar-refractivity contribution in [3.8, 4) is 11.3 Å². The smallest absolute Gasteiger partial charge is 0.354 e. The van der Waals surface area contributed by atoms with Gasteiger partial charge >= 0.3 is 5.97 Å². The van der Waals surface area contributed by atoms with Gasteiger partial charge in [0.05, 0.1) is 0 Å². The quantitative estimate of drug-likeness (QED) is 0.881. The Hall–Kier alpha value is -2.17. The van der Waals surface area contributed by atoms with Crippen molar-refractivity contribution in [3.63, 3.8) is 0 Å². The summed E-state index contributed by atoms with van der Waals surface area (Å²) in [6.45, 7) is 9.74. The fourth-order valence-corrected chi connectivity index (χ4v) is 2.06. The van der Waals surface area contributed by atoms with Gasteiger partial charge in [0.1, 0.15) is 11.5 Å². The Morgan fingerprint density at radius 1 is 1.15 bits per heavy atom. The van der Waals surface area contributed by atoms with Gasteiger partial charge in [-0.2, -0.15) is 0 Å². The van der Waals surface area contributed by atoms with E-state index in [1.165, 1.54) is 0 Å². The van der Waals surface area contributed by atoms with E-state index in [9.17, 15) is 9.90 Å². The highest BCUT2D eigenvalue weighted by atomic mass is 16.4. The predicted octanol–water partition coefficient (Wildman–Crippen LogP) is 3.08. The SMILES string of the molecule is Cc1cc(-c2nc(C(C)(C)C)[nH]c2C(=O)O)cc(C)n1. The molecule has 2 N–H and O–H groups in total. The second kappa shape index (κ2) is 4.74. The Kier molecular flexibility index (Phi) is 3.38. The molecule has 0 unspecified atom stereocenters. The Morgan fingerprint density at radius 3 is 2.15 bits per heavy atom. The first kappa shape index (κ1) is 14.2. The molecule has 0 aliphatic rings. The number of rotatable bonds is 2. The number of hydrogen-bond acceptors (Lipinski definition) is 3. The van der Waals surface area contributed by atoms with Crippen LogP contribution in [0.3, 0.4) is 0 Å². The standard InChI is InChI=1S/C15H19N3O2/c1-8-6-10(7-9(2)16-8)11-12(13(19)20)18-14(17-11)15(3,4)5/h6-7H,1-5H3,(H,17,18)(H,19,20). The van der Waals surface area contributed by atoms with Crippen molar-refractivity contribution in [2.45, 2.75) is 40.0 Å². The summed E-state index contributed by atoms with van der Waals surface area (Å²) in [7, 11) is 0. The fourth-order valence-electron chi connectivity index (χ4n) is 2.06. The van der Waals surface area contributed by atoms with E-state index in [1.807, 2.05) is 46.8 Å². The number of nitrogens with one attached hydrogen (secondary N) is 1. The molecule has 0 bridgehead atoms. The van der Waals surface area contributed by atoms with E-state index < -0.39 is 5.97 Å².